The van der Waals surface area contributed by atoms with Gasteiger partial charge in [-0.3, -0.25) is 9.59 Å². The number of amides is 2. The van der Waals surface area contributed by atoms with Crippen LogP contribution < -0.4 is 15.4 Å². The van der Waals surface area contributed by atoms with Crippen LogP contribution >= 0.6 is 11.3 Å². The van der Waals surface area contributed by atoms with Crippen LogP contribution in [0.25, 0.3) is 0 Å². The molecule has 0 saturated heterocycles. The Morgan fingerprint density at radius 1 is 1.08 bits per heavy atom. The van der Waals surface area contributed by atoms with Crippen LogP contribution in [0, 0.1) is 0 Å². The lowest BCUT2D eigenvalue weighted by atomic mass is 10.1. The van der Waals surface area contributed by atoms with Crippen molar-refractivity contribution < 1.29 is 14.3 Å². The molecule has 0 saturated carbocycles. The maximum Gasteiger partial charge on any atom is 0.255 e. The molecule has 0 radical (unpaired) electrons. The lowest BCUT2D eigenvalue weighted by Crippen LogP contribution is -2.17. The number of rotatable bonds is 6. The van der Waals surface area contributed by atoms with E-state index in [0.29, 0.717) is 29.2 Å². The fourth-order valence-corrected chi connectivity index (χ4v) is 2.79. The summed E-state index contributed by atoms with van der Waals surface area (Å²) in [6, 6.07) is 13.6. The molecule has 132 valence electrons. The number of ether oxygens (including phenoxy) is 1. The zero-order valence-corrected chi connectivity index (χ0v) is 14.9. The smallest absolute Gasteiger partial charge is 0.255 e. The molecule has 2 N–H and O–H groups in total. The third kappa shape index (κ3) is 4.46. The van der Waals surface area contributed by atoms with E-state index in [0.717, 1.165) is 5.69 Å². The Kier molecular flexibility index (Phi) is 5.60. The van der Waals surface area contributed by atoms with E-state index in [2.05, 4.69) is 15.6 Å². The van der Waals surface area contributed by atoms with E-state index in [4.69, 9.17) is 4.74 Å². The summed E-state index contributed by atoms with van der Waals surface area (Å²) >= 11 is 1.51. The fraction of sp³-hybridized carbons (Fsp3) is 0.105. The first-order valence-corrected chi connectivity index (χ1v) is 8.83. The van der Waals surface area contributed by atoms with E-state index in [1.54, 1.807) is 61.1 Å². The zero-order chi connectivity index (χ0) is 18.4. The Bertz CT molecular complexity index is 893. The Labute approximate surface area is 154 Å². The van der Waals surface area contributed by atoms with Gasteiger partial charge >= 0.3 is 0 Å². The summed E-state index contributed by atoms with van der Waals surface area (Å²) in [7, 11) is 1.57. The van der Waals surface area contributed by atoms with Gasteiger partial charge in [-0.05, 0) is 42.5 Å². The number of hydrogen-bond donors (Lipinski definition) is 2. The molecule has 0 fully saturated rings. The molecular weight excluding hydrogens is 350 g/mol. The van der Waals surface area contributed by atoms with Crippen molar-refractivity contribution in [2.24, 2.45) is 0 Å². The van der Waals surface area contributed by atoms with Crippen LogP contribution in [-0.2, 0) is 6.61 Å². The van der Waals surface area contributed by atoms with Crippen LogP contribution in [0.2, 0.25) is 0 Å². The standard InChI is InChI=1S/C19H17N3O3S/c1-20-18(23)13-5-7-15(8-6-13)22-19(24)14-3-2-4-17(9-14)25-10-16-11-26-12-21-16/h2-9,11-12H,10H2,1H3,(H,20,23)(H,22,24). The molecule has 0 bridgehead atoms. The van der Waals surface area contributed by atoms with Crippen molar-refractivity contribution >= 4 is 28.8 Å². The van der Waals surface area contributed by atoms with Gasteiger partial charge in [-0.15, -0.1) is 11.3 Å². The molecule has 0 aliphatic heterocycles. The lowest BCUT2D eigenvalue weighted by molar-refractivity contribution is 0.0962. The van der Waals surface area contributed by atoms with Gasteiger partial charge in [-0.2, -0.15) is 0 Å². The van der Waals surface area contributed by atoms with Crippen LogP contribution in [0.15, 0.2) is 59.4 Å². The van der Waals surface area contributed by atoms with E-state index in [1.165, 1.54) is 11.3 Å². The van der Waals surface area contributed by atoms with E-state index < -0.39 is 0 Å². The number of aromatic nitrogens is 1. The van der Waals surface area contributed by atoms with Gasteiger partial charge in [0.05, 0.1) is 11.2 Å². The molecule has 3 aromatic rings. The number of nitrogens with one attached hydrogen (secondary N) is 2. The summed E-state index contributed by atoms with van der Waals surface area (Å²) in [5.74, 6) is 0.172. The largest absolute Gasteiger partial charge is 0.487 e. The van der Waals surface area contributed by atoms with Crippen LogP contribution in [0.5, 0.6) is 5.75 Å². The fourth-order valence-electron chi connectivity index (χ4n) is 2.25. The third-order valence-corrected chi connectivity index (χ3v) is 4.23. The first kappa shape index (κ1) is 17.6. The molecule has 6 nitrogen and oxygen atoms in total. The minimum absolute atomic E-state index is 0.173. The van der Waals surface area contributed by atoms with Gasteiger partial charge in [0, 0.05) is 29.2 Å². The maximum atomic E-state index is 12.4. The normalized spacial score (nSPS) is 10.2. The highest BCUT2D eigenvalue weighted by Crippen LogP contribution is 2.17. The highest BCUT2D eigenvalue weighted by molar-refractivity contribution is 7.07. The topological polar surface area (TPSA) is 80.3 Å². The second-order valence-corrected chi connectivity index (χ2v) is 6.13. The first-order chi connectivity index (χ1) is 12.7. The molecule has 2 aromatic carbocycles. The van der Waals surface area contributed by atoms with E-state index in [-0.39, 0.29) is 11.8 Å². The Balaban J connectivity index is 1.64. The summed E-state index contributed by atoms with van der Waals surface area (Å²) < 4.78 is 5.67. The summed E-state index contributed by atoms with van der Waals surface area (Å²) in [4.78, 5) is 28.1. The summed E-state index contributed by atoms with van der Waals surface area (Å²) in [6.45, 7) is 0.357. The van der Waals surface area contributed by atoms with Gasteiger partial charge in [0.2, 0.25) is 0 Å². The van der Waals surface area contributed by atoms with Crippen LogP contribution in [-0.4, -0.2) is 23.8 Å². The van der Waals surface area contributed by atoms with Crippen LogP contribution in [0.4, 0.5) is 5.69 Å². The van der Waals surface area contributed by atoms with Crippen molar-refractivity contribution in [3.63, 3.8) is 0 Å². The number of thiazole rings is 1. The molecule has 1 heterocycles. The quantitative estimate of drug-likeness (QED) is 0.700. The molecule has 0 aliphatic carbocycles. The highest BCUT2D eigenvalue weighted by atomic mass is 32.1. The van der Waals surface area contributed by atoms with Gasteiger partial charge in [0.15, 0.2) is 0 Å². The lowest BCUT2D eigenvalue weighted by Gasteiger charge is -2.08. The predicted octanol–water partition coefficient (Wildman–Crippen LogP) is 3.33. The summed E-state index contributed by atoms with van der Waals surface area (Å²) in [5, 5.41) is 7.27. The molecule has 2 amide bonds. The number of carbonyl (C=O) groups is 2. The average molecular weight is 367 g/mol. The number of nitrogens with zero attached hydrogens (tertiary/aromatic N) is 1. The third-order valence-electron chi connectivity index (χ3n) is 3.60. The average Bonchev–Trinajstić information content (AvgIpc) is 3.20. The molecule has 3 rings (SSSR count). The van der Waals surface area contributed by atoms with Gasteiger partial charge in [-0.1, -0.05) is 6.07 Å². The molecular formula is C19H17N3O3S. The van der Waals surface area contributed by atoms with Crippen molar-refractivity contribution in [2.45, 2.75) is 6.61 Å². The van der Waals surface area contributed by atoms with E-state index >= 15 is 0 Å². The monoisotopic (exact) mass is 367 g/mol. The molecule has 0 unspecified atom stereocenters. The number of anilines is 1. The maximum absolute atomic E-state index is 12.4. The first-order valence-electron chi connectivity index (χ1n) is 7.89. The molecule has 0 spiro atoms. The number of hydrogen-bond acceptors (Lipinski definition) is 5. The summed E-state index contributed by atoms with van der Waals surface area (Å²) in [5.41, 5.74) is 4.22. The molecule has 0 atom stereocenters. The van der Waals surface area contributed by atoms with Crippen molar-refractivity contribution in [3.8, 4) is 5.75 Å². The predicted molar refractivity (Wildman–Crippen MR) is 101 cm³/mol. The summed E-state index contributed by atoms with van der Waals surface area (Å²) in [6.07, 6.45) is 0. The minimum atomic E-state index is -0.253. The highest BCUT2D eigenvalue weighted by Gasteiger charge is 2.09. The number of benzene rings is 2. The molecule has 26 heavy (non-hydrogen) atoms. The Morgan fingerprint density at radius 2 is 1.88 bits per heavy atom. The van der Waals surface area contributed by atoms with Crippen LogP contribution in [0.1, 0.15) is 26.4 Å². The second-order valence-electron chi connectivity index (χ2n) is 5.41. The van der Waals surface area contributed by atoms with Crippen LogP contribution in [0.3, 0.4) is 0 Å². The van der Waals surface area contributed by atoms with E-state index in [1.807, 2.05) is 5.38 Å². The van der Waals surface area contributed by atoms with Crippen molar-refractivity contribution in [2.75, 3.05) is 12.4 Å². The van der Waals surface area contributed by atoms with Crippen molar-refractivity contribution in [1.29, 1.82) is 0 Å². The zero-order valence-electron chi connectivity index (χ0n) is 14.1. The Morgan fingerprint density at radius 3 is 2.58 bits per heavy atom. The Hall–Kier alpha value is -3.19. The van der Waals surface area contributed by atoms with Crippen molar-refractivity contribution in [1.82, 2.24) is 10.3 Å². The van der Waals surface area contributed by atoms with Gasteiger partial charge in [-0.25, -0.2) is 4.98 Å². The molecule has 1 aromatic heterocycles. The molecule has 7 heteroatoms. The van der Waals surface area contributed by atoms with Gasteiger partial charge in [0.1, 0.15) is 12.4 Å². The van der Waals surface area contributed by atoms with Gasteiger partial charge in [0.25, 0.3) is 11.8 Å². The SMILES string of the molecule is CNC(=O)c1ccc(NC(=O)c2cccc(OCc3cscn3)c2)cc1. The van der Waals surface area contributed by atoms with Gasteiger partial charge < -0.3 is 15.4 Å². The van der Waals surface area contributed by atoms with E-state index in [9.17, 15) is 9.59 Å². The van der Waals surface area contributed by atoms with Crippen molar-refractivity contribution in [3.05, 3.63) is 76.2 Å². The minimum Gasteiger partial charge on any atom is -0.487 e. The number of carbonyl (C=O) groups excluding carboxylic acids is 2. The second kappa shape index (κ2) is 8.26. The molecule has 0 aliphatic rings.